The van der Waals surface area contributed by atoms with Crippen molar-refractivity contribution in [2.24, 2.45) is 11.1 Å². The lowest BCUT2D eigenvalue weighted by Crippen LogP contribution is -2.44. The standard InChI is InChI=1S/C21H16N4O6/c1-2-29-14-10-8-13(9-11-14)25-17(21(28)31-23-25)16-15-18(30-22-16)20(27)24(19(15)26)12-6-4-3-5-7-12/h3-11,15,18H,2H2,1H3/p+1. The van der Waals surface area contributed by atoms with Gasteiger partial charge in [-0.3, -0.25) is 14.1 Å². The van der Waals surface area contributed by atoms with Gasteiger partial charge in [0.15, 0.2) is 5.71 Å². The highest BCUT2D eigenvalue weighted by atomic mass is 16.7. The van der Waals surface area contributed by atoms with E-state index in [0.717, 1.165) is 4.90 Å². The Morgan fingerprint density at radius 2 is 1.81 bits per heavy atom. The highest BCUT2D eigenvalue weighted by molar-refractivity contribution is 6.32. The molecule has 3 heterocycles. The minimum Gasteiger partial charge on any atom is -0.494 e. The van der Waals surface area contributed by atoms with Crippen LogP contribution in [0.5, 0.6) is 5.75 Å². The van der Waals surface area contributed by atoms with Crippen LogP contribution in [0.4, 0.5) is 5.69 Å². The second kappa shape index (κ2) is 7.24. The van der Waals surface area contributed by atoms with E-state index in [0.29, 0.717) is 23.7 Å². The molecule has 2 aliphatic heterocycles. The first kappa shape index (κ1) is 18.8. The Balaban J connectivity index is 1.53. The molecule has 0 bridgehead atoms. The number of anilines is 1. The minimum absolute atomic E-state index is 0.0206. The monoisotopic (exact) mass is 421 g/mol. The van der Waals surface area contributed by atoms with Gasteiger partial charge < -0.3 is 9.57 Å². The van der Waals surface area contributed by atoms with E-state index in [2.05, 4.69) is 10.4 Å². The number of benzene rings is 2. The van der Waals surface area contributed by atoms with Gasteiger partial charge in [0.2, 0.25) is 17.7 Å². The number of amides is 2. The van der Waals surface area contributed by atoms with Crippen molar-refractivity contribution in [3.8, 4) is 11.4 Å². The van der Waals surface area contributed by atoms with E-state index in [1.54, 1.807) is 54.6 Å². The molecule has 2 unspecified atom stereocenters. The summed E-state index contributed by atoms with van der Waals surface area (Å²) in [6, 6.07) is 15.4. The first-order chi connectivity index (χ1) is 15.1. The van der Waals surface area contributed by atoms with Crippen molar-refractivity contribution in [3.63, 3.8) is 0 Å². The Morgan fingerprint density at radius 3 is 2.52 bits per heavy atom. The predicted octanol–water partition coefficient (Wildman–Crippen LogP) is 0.936. The van der Waals surface area contributed by atoms with Gasteiger partial charge in [0.1, 0.15) is 11.7 Å². The topological polar surface area (TPSA) is 118 Å². The van der Waals surface area contributed by atoms with Gasteiger partial charge in [-0.15, -0.1) is 0 Å². The van der Waals surface area contributed by atoms with Crippen molar-refractivity contribution < 1.29 is 28.4 Å². The average molecular weight is 421 g/mol. The largest absolute Gasteiger partial charge is 0.494 e. The number of nitrogens with one attached hydrogen (secondary N) is 1. The maximum atomic E-state index is 13.2. The molecule has 0 saturated carbocycles. The van der Waals surface area contributed by atoms with Gasteiger partial charge in [0.25, 0.3) is 5.91 Å². The molecule has 31 heavy (non-hydrogen) atoms. The Labute approximate surface area is 175 Å². The number of oxime groups is 1. The molecule has 2 aliphatic rings. The lowest BCUT2D eigenvalue weighted by atomic mass is 9.97. The summed E-state index contributed by atoms with van der Waals surface area (Å²) in [7, 11) is 0. The maximum absolute atomic E-state index is 13.2. The highest BCUT2D eigenvalue weighted by Crippen LogP contribution is 2.34. The molecule has 5 rings (SSSR count). The molecule has 156 valence electrons. The van der Waals surface area contributed by atoms with E-state index in [9.17, 15) is 14.4 Å². The smallest absolute Gasteiger partial charge is 0.437 e. The summed E-state index contributed by atoms with van der Waals surface area (Å²) in [6.07, 6.45) is -1.13. The summed E-state index contributed by atoms with van der Waals surface area (Å²) in [5, 5.41) is 6.42. The molecule has 1 aromatic heterocycles. The molecule has 2 atom stereocenters. The van der Waals surface area contributed by atoms with Crippen LogP contribution in [0.25, 0.3) is 5.69 Å². The van der Waals surface area contributed by atoms with Gasteiger partial charge in [-0.1, -0.05) is 23.4 Å². The van der Waals surface area contributed by atoms with Crippen LogP contribution in [0.2, 0.25) is 0 Å². The zero-order valence-corrected chi connectivity index (χ0v) is 16.3. The Morgan fingerprint density at radius 1 is 1.06 bits per heavy atom. The number of aromatic nitrogens is 2. The molecule has 1 N–H and O–H groups in total. The second-order valence-corrected chi connectivity index (χ2v) is 6.92. The Hall–Kier alpha value is -4.21. The fourth-order valence-corrected chi connectivity index (χ4v) is 3.74. The summed E-state index contributed by atoms with van der Waals surface area (Å²) >= 11 is 0. The van der Waals surface area contributed by atoms with E-state index in [4.69, 9.17) is 14.1 Å². The lowest BCUT2D eigenvalue weighted by molar-refractivity contribution is -0.671. The Bertz CT molecular complexity index is 1240. The fraction of sp³-hybridized carbons (Fsp3) is 0.190. The molecular formula is C21H17N4O6+. The number of nitrogens with zero attached hydrogens (tertiary/aromatic N) is 3. The van der Waals surface area contributed by atoms with Crippen molar-refractivity contribution in [1.29, 1.82) is 0 Å². The number of rotatable bonds is 5. The number of fused-ring (bicyclic) bond motifs is 1. The molecular weight excluding hydrogens is 404 g/mol. The van der Waals surface area contributed by atoms with Crippen molar-refractivity contribution in [2.75, 3.05) is 11.5 Å². The summed E-state index contributed by atoms with van der Waals surface area (Å²) in [5.74, 6) is -1.44. The highest BCUT2D eigenvalue weighted by Gasteiger charge is 2.59. The van der Waals surface area contributed by atoms with Crippen molar-refractivity contribution in [2.45, 2.75) is 13.0 Å². The normalized spacial score (nSPS) is 19.9. The van der Waals surface area contributed by atoms with E-state index >= 15 is 0 Å². The van der Waals surface area contributed by atoms with Crippen LogP contribution in [-0.2, 0) is 14.4 Å². The van der Waals surface area contributed by atoms with Crippen LogP contribution >= 0.6 is 0 Å². The summed E-state index contributed by atoms with van der Waals surface area (Å²) in [4.78, 5) is 44.8. The van der Waals surface area contributed by atoms with Gasteiger partial charge in [-0.25, -0.2) is 9.69 Å². The first-order valence-corrected chi connectivity index (χ1v) is 9.64. The van der Waals surface area contributed by atoms with Crippen LogP contribution in [0.1, 0.15) is 12.6 Å². The number of ether oxygens (including phenoxy) is 1. The molecule has 1 fully saturated rings. The number of hydrogen-bond donors (Lipinski definition) is 1. The summed E-state index contributed by atoms with van der Waals surface area (Å²) < 4.78 is 11.8. The van der Waals surface area contributed by atoms with Crippen LogP contribution in [0, 0.1) is 5.92 Å². The molecule has 2 amide bonds. The van der Waals surface area contributed by atoms with E-state index < -0.39 is 29.5 Å². The molecule has 0 spiro atoms. The minimum atomic E-state index is -1.13. The van der Waals surface area contributed by atoms with E-state index in [1.807, 2.05) is 6.92 Å². The van der Waals surface area contributed by atoms with Gasteiger partial charge in [0.05, 0.1) is 12.3 Å². The summed E-state index contributed by atoms with van der Waals surface area (Å²) in [6.45, 7) is 2.40. The zero-order chi connectivity index (χ0) is 21.5. The average Bonchev–Trinajstić information content (AvgIpc) is 3.44. The molecule has 0 radical (unpaired) electrons. The van der Waals surface area contributed by atoms with Gasteiger partial charge in [0, 0.05) is 12.1 Å². The number of imide groups is 1. The van der Waals surface area contributed by atoms with Gasteiger partial charge in [-0.05, 0) is 41.1 Å². The number of hydrogen-bond acceptors (Lipinski definition) is 7. The quantitative estimate of drug-likeness (QED) is 0.484. The maximum Gasteiger partial charge on any atom is 0.437 e. The molecule has 0 aliphatic carbocycles. The van der Waals surface area contributed by atoms with Crippen LogP contribution in [0.15, 0.2) is 69.1 Å². The van der Waals surface area contributed by atoms with Crippen molar-refractivity contribution in [1.82, 2.24) is 5.27 Å². The number of H-pyrrole nitrogens is 1. The third-order valence-electron chi connectivity index (χ3n) is 5.12. The van der Waals surface area contributed by atoms with Crippen LogP contribution in [0.3, 0.4) is 0 Å². The molecule has 10 heteroatoms. The number of carbonyl (C=O) groups is 2. The van der Waals surface area contributed by atoms with Gasteiger partial charge >= 0.3 is 11.3 Å². The van der Waals surface area contributed by atoms with E-state index in [-0.39, 0.29) is 11.4 Å². The zero-order valence-electron chi connectivity index (χ0n) is 16.3. The summed E-state index contributed by atoms with van der Waals surface area (Å²) in [5.41, 5.74) is 0.246. The molecule has 1 saturated heterocycles. The third kappa shape index (κ3) is 2.91. The predicted molar refractivity (Wildman–Crippen MR) is 106 cm³/mol. The van der Waals surface area contributed by atoms with Crippen molar-refractivity contribution in [3.05, 3.63) is 70.7 Å². The SMILES string of the molecule is CCOc1ccc(-[n+]2[nH]oc(=O)c2C2=NOC3C(=O)N(c4ccccc4)C(=O)C23)cc1. The van der Waals surface area contributed by atoms with Crippen molar-refractivity contribution >= 4 is 23.2 Å². The molecule has 10 nitrogen and oxygen atoms in total. The first-order valence-electron chi connectivity index (χ1n) is 9.64. The number of aromatic amines is 1. The van der Waals surface area contributed by atoms with E-state index in [1.165, 1.54) is 4.68 Å². The number of carbonyl (C=O) groups excluding carboxylic acids is 2. The Kier molecular flexibility index (Phi) is 4.39. The second-order valence-electron chi connectivity index (χ2n) is 6.92. The van der Waals surface area contributed by atoms with Crippen LogP contribution < -0.4 is 19.9 Å². The van der Waals surface area contributed by atoms with Crippen LogP contribution in [-0.4, -0.2) is 35.5 Å². The lowest BCUT2D eigenvalue weighted by Gasteiger charge is -2.14. The fourth-order valence-electron chi connectivity index (χ4n) is 3.74. The molecule has 3 aromatic rings. The molecule has 2 aromatic carbocycles. The third-order valence-corrected chi connectivity index (χ3v) is 5.12. The van der Waals surface area contributed by atoms with Gasteiger partial charge in [-0.2, -0.15) is 0 Å². The number of para-hydroxylation sites is 1.